The summed E-state index contributed by atoms with van der Waals surface area (Å²) in [6.45, 7) is 9.43. The molecule has 1 aliphatic rings. The van der Waals surface area contributed by atoms with Crippen molar-refractivity contribution in [2.45, 2.75) is 32.9 Å². The molecule has 1 aromatic rings. The van der Waals surface area contributed by atoms with Gasteiger partial charge in [0.25, 0.3) is 0 Å². The Balaban J connectivity index is 1.91. The summed E-state index contributed by atoms with van der Waals surface area (Å²) in [5, 5.41) is 3.54. The van der Waals surface area contributed by atoms with E-state index in [2.05, 4.69) is 42.3 Å². The molecule has 0 aromatic heterocycles. The monoisotopic (exact) mass is 248 g/mol. The lowest BCUT2D eigenvalue weighted by Crippen LogP contribution is -2.40. The van der Waals surface area contributed by atoms with E-state index in [1.165, 1.54) is 12.0 Å². The molecule has 0 spiro atoms. The lowest BCUT2D eigenvalue weighted by Gasteiger charge is -2.24. The minimum Gasteiger partial charge on any atom is -0.492 e. The minimum atomic E-state index is 0.537. The van der Waals surface area contributed by atoms with Crippen LogP contribution in [0.1, 0.15) is 25.8 Å². The van der Waals surface area contributed by atoms with Crippen molar-refractivity contribution in [3.63, 3.8) is 0 Å². The normalized spacial score (nSPS) is 17.7. The van der Waals surface area contributed by atoms with Crippen molar-refractivity contribution in [3.05, 3.63) is 29.8 Å². The minimum absolute atomic E-state index is 0.537. The van der Waals surface area contributed by atoms with Gasteiger partial charge in [0.05, 0.1) is 0 Å². The number of nitrogens with one attached hydrogen (secondary N) is 1. The zero-order valence-corrected chi connectivity index (χ0v) is 11.5. The average Bonchev–Trinajstić information content (AvgIpc) is 2.57. The second kappa shape index (κ2) is 6.76. The number of ether oxygens (including phenoxy) is 1. The Labute approximate surface area is 110 Å². The summed E-state index contributed by atoms with van der Waals surface area (Å²) >= 11 is 0. The van der Waals surface area contributed by atoms with Crippen molar-refractivity contribution < 1.29 is 4.74 Å². The highest BCUT2D eigenvalue weighted by molar-refractivity contribution is 5.33. The van der Waals surface area contributed by atoms with Crippen molar-refractivity contribution in [1.82, 2.24) is 10.2 Å². The molecular formula is C15H24N2O. The Bertz CT molecular complexity index is 367. The van der Waals surface area contributed by atoms with E-state index >= 15 is 0 Å². The van der Waals surface area contributed by atoms with Crippen LogP contribution in [0.3, 0.4) is 0 Å². The number of nitrogens with zero attached hydrogens (tertiary/aromatic N) is 1. The van der Waals surface area contributed by atoms with E-state index < -0.39 is 0 Å². The van der Waals surface area contributed by atoms with E-state index in [0.717, 1.165) is 38.5 Å². The van der Waals surface area contributed by atoms with Crippen molar-refractivity contribution in [2.24, 2.45) is 0 Å². The summed E-state index contributed by atoms with van der Waals surface area (Å²) in [5.74, 6) is 1.05. The number of rotatable bonds is 5. The van der Waals surface area contributed by atoms with E-state index in [-0.39, 0.29) is 0 Å². The molecule has 18 heavy (non-hydrogen) atoms. The first-order valence-electron chi connectivity index (χ1n) is 6.96. The van der Waals surface area contributed by atoms with Crippen molar-refractivity contribution >= 4 is 0 Å². The predicted molar refractivity (Wildman–Crippen MR) is 75.0 cm³/mol. The molecule has 1 atom stereocenters. The summed E-state index contributed by atoms with van der Waals surface area (Å²) in [6.07, 6.45) is 1.19. The lowest BCUT2D eigenvalue weighted by atomic mass is 10.2. The Kier molecular flexibility index (Phi) is 5.02. The van der Waals surface area contributed by atoms with Crippen LogP contribution >= 0.6 is 0 Å². The molecule has 1 unspecified atom stereocenters. The van der Waals surface area contributed by atoms with Gasteiger partial charge in [-0.15, -0.1) is 0 Å². The fourth-order valence-electron chi connectivity index (χ4n) is 2.38. The molecule has 3 nitrogen and oxygen atoms in total. The number of fused-ring (bicyclic) bond motifs is 1. The van der Waals surface area contributed by atoms with E-state index in [1.54, 1.807) is 0 Å². The summed E-state index contributed by atoms with van der Waals surface area (Å²) < 4.78 is 5.78. The van der Waals surface area contributed by atoms with Gasteiger partial charge in [-0.1, -0.05) is 25.1 Å². The zero-order valence-electron chi connectivity index (χ0n) is 11.5. The molecule has 1 aliphatic heterocycles. The first-order valence-corrected chi connectivity index (χ1v) is 6.96. The van der Waals surface area contributed by atoms with E-state index in [0.29, 0.717) is 6.04 Å². The molecule has 0 saturated carbocycles. The number of benzene rings is 1. The van der Waals surface area contributed by atoms with Gasteiger partial charge in [-0.2, -0.15) is 0 Å². The highest BCUT2D eigenvalue weighted by Gasteiger charge is 2.16. The van der Waals surface area contributed by atoms with E-state index in [1.807, 2.05) is 6.07 Å². The Hall–Kier alpha value is -1.06. The summed E-state index contributed by atoms with van der Waals surface area (Å²) in [7, 11) is 0. The topological polar surface area (TPSA) is 24.5 Å². The molecule has 100 valence electrons. The van der Waals surface area contributed by atoms with Gasteiger partial charge in [-0.05, 0) is 26.0 Å². The van der Waals surface area contributed by atoms with Crippen LogP contribution in [0, 0.1) is 0 Å². The van der Waals surface area contributed by atoms with Gasteiger partial charge < -0.3 is 10.1 Å². The van der Waals surface area contributed by atoms with Crippen LogP contribution < -0.4 is 10.1 Å². The summed E-state index contributed by atoms with van der Waals surface area (Å²) in [6, 6.07) is 8.90. The van der Waals surface area contributed by atoms with Crippen LogP contribution in [-0.4, -0.2) is 37.2 Å². The average molecular weight is 248 g/mol. The Morgan fingerprint density at radius 3 is 3.06 bits per heavy atom. The maximum absolute atomic E-state index is 5.78. The molecule has 0 bridgehead atoms. The van der Waals surface area contributed by atoms with Gasteiger partial charge in [0.15, 0.2) is 0 Å². The fraction of sp³-hybridized carbons (Fsp3) is 0.600. The molecule has 1 N–H and O–H groups in total. The quantitative estimate of drug-likeness (QED) is 0.865. The first-order chi connectivity index (χ1) is 8.79. The second-order valence-corrected chi connectivity index (χ2v) is 5.05. The highest BCUT2D eigenvalue weighted by Crippen LogP contribution is 2.22. The molecule has 0 amide bonds. The van der Waals surface area contributed by atoms with Crippen molar-refractivity contribution in [2.75, 3.05) is 26.2 Å². The third-order valence-electron chi connectivity index (χ3n) is 3.31. The van der Waals surface area contributed by atoms with Crippen molar-refractivity contribution in [3.8, 4) is 5.75 Å². The molecular weight excluding hydrogens is 224 g/mol. The van der Waals surface area contributed by atoms with Crippen molar-refractivity contribution in [1.29, 1.82) is 0 Å². The number of hydrogen-bond donors (Lipinski definition) is 1. The molecule has 1 aromatic carbocycles. The maximum Gasteiger partial charge on any atom is 0.123 e. The van der Waals surface area contributed by atoms with Gasteiger partial charge in [0, 0.05) is 31.2 Å². The van der Waals surface area contributed by atoms with Crippen LogP contribution in [0.15, 0.2) is 24.3 Å². The Morgan fingerprint density at radius 2 is 2.22 bits per heavy atom. The number of hydrogen-bond acceptors (Lipinski definition) is 3. The molecule has 0 aliphatic carbocycles. The maximum atomic E-state index is 5.78. The van der Waals surface area contributed by atoms with E-state index in [4.69, 9.17) is 4.74 Å². The second-order valence-electron chi connectivity index (χ2n) is 5.05. The zero-order chi connectivity index (χ0) is 12.8. The Morgan fingerprint density at radius 1 is 1.39 bits per heavy atom. The molecule has 1 heterocycles. The molecule has 0 fully saturated rings. The predicted octanol–water partition coefficient (Wildman–Crippen LogP) is 2.27. The number of para-hydroxylation sites is 1. The molecule has 0 radical (unpaired) electrons. The summed E-state index contributed by atoms with van der Waals surface area (Å²) in [5.41, 5.74) is 1.30. The summed E-state index contributed by atoms with van der Waals surface area (Å²) in [4.78, 5) is 2.47. The van der Waals surface area contributed by atoms with Crippen LogP contribution in [-0.2, 0) is 6.54 Å². The smallest absolute Gasteiger partial charge is 0.123 e. The van der Waals surface area contributed by atoms with Crippen LogP contribution in [0.5, 0.6) is 5.75 Å². The third kappa shape index (κ3) is 3.72. The van der Waals surface area contributed by atoms with Crippen LogP contribution in [0.2, 0.25) is 0 Å². The fourth-order valence-corrected chi connectivity index (χ4v) is 2.38. The largest absolute Gasteiger partial charge is 0.492 e. The molecule has 3 heteroatoms. The van der Waals surface area contributed by atoms with E-state index in [9.17, 15) is 0 Å². The first kappa shape index (κ1) is 13.4. The highest BCUT2D eigenvalue weighted by atomic mass is 16.5. The SMILES string of the molecule is CCCNC(C)CN1CCOc2ccccc2C1. The standard InChI is InChI=1S/C15H24N2O/c1-3-8-16-13(2)11-17-9-10-18-15-7-5-4-6-14(15)12-17/h4-7,13,16H,3,8-12H2,1-2H3. The van der Waals surface area contributed by atoms with Gasteiger partial charge in [0.1, 0.15) is 12.4 Å². The van der Waals surface area contributed by atoms with Gasteiger partial charge in [0.2, 0.25) is 0 Å². The van der Waals surface area contributed by atoms with Gasteiger partial charge in [-0.25, -0.2) is 0 Å². The van der Waals surface area contributed by atoms with Crippen LogP contribution in [0.25, 0.3) is 0 Å². The molecule has 2 rings (SSSR count). The molecule has 0 saturated heterocycles. The van der Waals surface area contributed by atoms with Crippen LogP contribution in [0.4, 0.5) is 0 Å². The lowest BCUT2D eigenvalue weighted by molar-refractivity contribution is 0.210. The van der Waals surface area contributed by atoms with Gasteiger partial charge >= 0.3 is 0 Å². The van der Waals surface area contributed by atoms with Gasteiger partial charge in [-0.3, -0.25) is 4.90 Å². The third-order valence-corrected chi connectivity index (χ3v) is 3.31.